The monoisotopic (exact) mass is 356 g/mol. The molecule has 4 nitrogen and oxygen atoms in total. The van der Waals surface area contributed by atoms with Gasteiger partial charge in [0.05, 0.1) is 5.52 Å². The highest BCUT2D eigenvalue weighted by Gasteiger charge is 2.26. The van der Waals surface area contributed by atoms with E-state index >= 15 is 0 Å². The second-order valence-electron chi connectivity index (χ2n) is 7.78. The topological polar surface area (TPSA) is 43.6 Å². The molecule has 1 aromatic carbocycles. The van der Waals surface area contributed by atoms with Crippen LogP contribution in [0.15, 0.2) is 61.3 Å². The van der Waals surface area contributed by atoms with Crippen molar-refractivity contribution in [3.05, 3.63) is 66.9 Å². The third-order valence-electron chi connectivity index (χ3n) is 6.03. The molecule has 3 heterocycles. The Kier molecular flexibility index (Phi) is 4.32. The Labute approximate surface area is 159 Å². The fourth-order valence-corrected chi connectivity index (χ4v) is 4.62. The van der Waals surface area contributed by atoms with Crippen LogP contribution in [0.2, 0.25) is 0 Å². The van der Waals surface area contributed by atoms with Gasteiger partial charge in [0.1, 0.15) is 12.0 Å². The number of hydrogen-bond donors (Lipinski definition) is 0. The minimum absolute atomic E-state index is 0.590. The van der Waals surface area contributed by atoms with Crippen molar-refractivity contribution >= 4 is 21.9 Å². The fourth-order valence-electron chi connectivity index (χ4n) is 4.62. The molecule has 0 amide bonds. The highest BCUT2D eigenvalue weighted by molar-refractivity contribution is 5.78. The van der Waals surface area contributed by atoms with Gasteiger partial charge in [-0.3, -0.25) is 4.98 Å². The van der Waals surface area contributed by atoms with Crippen LogP contribution in [0.1, 0.15) is 43.7 Å². The largest absolute Gasteiger partial charge is 0.329 e. The lowest BCUT2D eigenvalue weighted by molar-refractivity contribution is 0.449. The molecule has 0 aliphatic heterocycles. The maximum absolute atomic E-state index is 4.48. The smallest absolute Gasteiger partial charge is 0.143 e. The van der Waals surface area contributed by atoms with E-state index in [0.29, 0.717) is 6.04 Å². The van der Waals surface area contributed by atoms with Gasteiger partial charge in [0, 0.05) is 35.4 Å². The molecule has 0 radical (unpaired) electrons. The molecular weight excluding hydrogens is 332 g/mol. The van der Waals surface area contributed by atoms with E-state index in [4.69, 9.17) is 0 Å². The van der Waals surface area contributed by atoms with Gasteiger partial charge in [-0.25, -0.2) is 9.97 Å². The molecule has 4 aromatic rings. The number of fused-ring (bicyclic) bond motifs is 2. The first-order valence-corrected chi connectivity index (χ1v) is 9.97. The summed E-state index contributed by atoms with van der Waals surface area (Å²) >= 11 is 0. The van der Waals surface area contributed by atoms with Gasteiger partial charge >= 0.3 is 0 Å². The normalized spacial score (nSPS) is 19.9. The first-order chi connectivity index (χ1) is 13.4. The van der Waals surface area contributed by atoms with E-state index in [9.17, 15) is 0 Å². The Morgan fingerprint density at radius 3 is 3.04 bits per heavy atom. The molecule has 1 fully saturated rings. The maximum Gasteiger partial charge on any atom is 0.143 e. The van der Waals surface area contributed by atoms with Crippen LogP contribution in [0.25, 0.3) is 21.9 Å². The Balaban J connectivity index is 1.19. The number of pyridine rings is 1. The average Bonchev–Trinajstić information content (AvgIpc) is 3.34. The van der Waals surface area contributed by atoms with Gasteiger partial charge in [0.15, 0.2) is 0 Å². The lowest BCUT2D eigenvalue weighted by Gasteiger charge is -2.14. The quantitative estimate of drug-likeness (QED) is 0.484. The Morgan fingerprint density at radius 2 is 2.04 bits per heavy atom. The average molecular weight is 356 g/mol. The Morgan fingerprint density at radius 1 is 1.04 bits per heavy atom. The first kappa shape index (κ1) is 16.4. The molecule has 2 atom stereocenters. The summed E-state index contributed by atoms with van der Waals surface area (Å²) in [5, 5.41) is 2.37. The lowest BCUT2D eigenvalue weighted by atomic mass is 9.97. The summed E-state index contributed by atoms with van der Waals surface area (Å²) in [6.07, 6.45) is 15.2. The second-order valence-corrected chi connectivity index (χ2v) is 7.78. The summed E-state index contributed by atoms with van der Waals surface area (Å²) in [6.45, 7) is 0. The highest BCUT2D eigenvalue weighted by atomic mass is 15.1. The van der Waals surface area contributed by atoms with Crippen molar-refractivity contribution in [1.29, 1.82) is 0 Å². The Hall–Kier alpha value is -2.75. The molecule has 2 unspecified atom stereocenters. The predicted molar refractivity (Wildman–Crippen MR) is 109 cm³/mol. The fraction of sp³-hybridized carbons (Fsp3) is 0.348. The Bertz CT molecular complexity index is 1070. The minimum atomic E-state index is 0.590. The maximum atomic E-state index is 4.48. The van der Waals surface area contributed by atoms with Crippen molar-refractivity contribution in [1.82, 2.24) is 19.5 Å². The SMILES string of the molecule is c1cnc2cc(CCCC3CCC(n4ccc5cncnc54)C3)ccc2c1. The molecule has 1 saturated carbocycles. The van der Waals surface area contributed by atoms with Crippen LogP contribution in [-0.4, -0.2) is 19.5 Å². The zero-order chi connectivity index (χ0) is 18.1. The summed E-state index contributed by atoms with van der Waals surface area (Å²) < 4.78 is 2.37. The van der Waals surface area contributed by atoms with Crippen LogP contribution >= 0.6 is 0 Å². The number of aryl methyl sites for hydroxylation is 1. The van der Waals surface area contributed by atoms with Crippen molar-refractivity contribution < 1.29 is 0 Å². The van der Waals surface area contributed by atoms with Crippen LogP contribution < -0.4 is 0 Å². The molecule has 4 heteroatoms. The third-order valence-corrected chi connectivity index (χ3v) is 6.03. The summed E-state index contributed by atoms with van der Waals surface area (Å²) in [6, 6.07) is 13.6. The summed E-state index contributed by atoms with van der Waals surface area (Å²) in [5.41, 5.74) is 3.60. The molecule has 1 aliphatic rings. The van der Waals surface area contributed by atoms with E-state index in [2.05, 4.69) is 56.0 Å². The van der Waals surface area contributed by atoms with E-state index in [1.54, 1.807) is 6.33 Å². The van der Waals surface area contributed by atoms with E-state index in [1.165, 1.54) is 43.1 Å². The predicted octanol–water partition coefficient (Wildman–Crippen LogP) is 5.34. The van der Waals surface area contributed by atoms with Crippen molar-refractivity contribution in [2.75, 3.05) is 0 Å². The standard InChI is InChI=1S/C23H24N4/c1(4-18-6-8-19-5-2-11-25-22(19)14-18)3-17-7-9-21(13-17)27-12-10-20-15-24-16-26-23(20)27/h2,5-6,8,10-12,14-17,21H,1,3-4,7,9,13H2. The van der Waals surface area contributed by atoms with Crippen LogP contribution in [0.5, 0.6) is 0 Å². The molecule has 5 rings (SSSR count). The van der Waals surface area contributed by atoms with Crippen LogP contribution in [0.3, 0.4) is 0 Å². The number of rotatable bonds is 5. The van der Waals surface area contributed by atoms with Gasteiger partial charge in [-0.2, -0.15) is 0 Å². The third kappa shape index (κ3) is 3.32. The van der Waals surface area contributed by atoms with Crippen LogP contribution in [-0.2, 0) is 6.42 Å². The van der Waals surface area contributed by atoms with Gasteiger partial charge < -0.3 is 4.57 Å². The van der Waals surface area contributed by atoms with Crippen molar-refractivity contribution in [3.8, 4) is 0 Å². The van der Waals surface area contributed by atoms with Gasteiger partial charge in [-0.15, -0.1) is 0 Å². The lowest BCUT2D eigenvalue weighted by Crippen LogP contribution is -2.05. The first-order valence-electron chi connectivity index (χ1n) is 9.97. The number of hydrogen-bond acceptors (Lipinski definition) is 3. The van der Waals surface area contributed by atoms with Gasteiger partial charge in [0.2, 0.25) is 0 Å². The summed E-state index contributed by atoms with van der Waals surface area (Å²) in [7, 11) is 0. The summed E-state index contributed by atoms with van der Waals surface area (Å²) in [5.74, 6) is 0.827. The van der Waals surface area contributed by atoms with Crippen molar-refractivity contribution in [2.24, 2.45) is 5.92 Å². The van der Waals surface area contributed by atoms with Gasteiger partial charge in [0.25, 0.3) is 0 Å². The van der Waals surface area contributed by atoms with Crippen LogP contribution in [0, 0.1) is 5.92 Å². The zero-order valence-electron chi connectivity index (χ0n) is 15.5. The molecule has 0 bridgehead atoms. The minimum Gasteiger partial charge on any atom is -0.329 e. The van der Waals surface area contributed by atoms with Gasteiger partial charge in [-0.1, -0.05) is 24.6 Å². The molecule has 136 valence electrons. The number of benzene rings is 1. The second kappa shape index (κ2) is 7.10. The molecule has 3 aromatic heterocycles. The number of nitrogens with zero attached hydrogens (tertiary/aromatic N) is 4. The molecule has 0 saturated heterocycles. The highest BCUT2D eigenvalue weighted by Crippen LogP contribution is 2.38. The van der Waals surface area contributed by atoms with Crippen molar-refractivity contribution in [3.63, 3.8) is 0 Å². The van der Waals surface area contributed by atoms with Crippen LogP contribution in [0.4, 0.5) is 0 Å². The van der Waals surface area contributed by atoms with E-state index in [0.717, 1.165) is 28.9 Å². The van der Waals surface area contributed by atoms with E-state index in [1.807, 2.05) is 18.5 Å². The molecule has 27 heavy (non-hydrogen) atoms. The van der Waals surface area contributed by atoms with E-state index < -0.39 is 0 Å². The zero-order valence-corrected chi connectivity index (χ0v) is 15.5. The summed E-state index contributed by atoms with van der Waals surface area (Å²) in [4.78, 5) is 13.1. The molecule has 0 spiro atoms. The molecular formula is C23H24N4. The van der Waals surface area contributed by atoms with E-state index in [-0.39, 0.29) is 0 Å². The molecule has 0 N–H and O–H groups in total. The number of aromatic nitrogens is 4. The molecule has 1 aliphatic carbocycles. The van der Waals surface area contributed by atoms with Gasteiger partial charge in [-0.05, 0) is 61.8 Å². The van der Waals surface area contributed by atoms with Crippen molar-refractivity contribution in [2.45, 2.75) is 44.6 Å².